The Morgan fingerprint density at radius 3 is 2.02 bits per heavy atom. The van der Waals surface area contributed by atoms with E-state index in [-0.39, 0.29) is 11.8 Å². The number of aromatic nitrogens is 1. The molecule has 5 heteroatoms. The van der Waals surface area contributed by atoms with E-state index in [9.17, 15) is 0 Å². The van der Waals surface area contributed by atoms with Crippen molar-refractivity contribution in [1.82, 2.24) is 4.57 Å². The summed E-state index contributed by atoms with van der Waals surface area (Å²) in [6.45, 7) is 2.32. The lowest BCUT2D eigenvalue weighted by Gasteiger charge is -2.22. The first-order chi connectivity index (χ1) is 30.1. The van der Waals surface area contributed by atoms with Gasteiger partial charge in [-0.15, -0.1) is 0 Å². The molecule has 3 aromatic heterocycles. The van der Waals surface area contributed by atoms with Crippen molar-refractivity contribution < 1.29 is 8.83 Å². The number of nitrogens with zero attached hydrogens (tertiary/aromatic N) is 3. The van der Waals surface area contributed by atoms with Crippen molar-refractivity contribution in [2.45, 2.75) is 12.5 Å². The molecule has 0 spiro atoms. The number of para-hydroxylation sites is 3. The quantitative estimate of drug-likeness (QED) is 0.179. The monoisotopic (exact) mass is 781 g/mol. The van der Waals surface area contributed by atoms with Crippen LogP contribution in [0.25, 0.3) is 92.9 Å². The van der Waals surface area contributed by atoms with E-state index >= 15 is 0 Å². The normalized spacial score (nSPS) is 18.8. The van der Waals surface area contributed by atoms with E-state index in [1.807, 2.05) is 12.1 Å². The van der Waals surface area contributed by atoms with Crippen molar-refractivity contribution in [3.05, 3.63) is 199 Å². The van der Waals surface area contributed by atoms with Gasteiger partial charge in [0.25, 0.3) is 0 Å². The van der Waals surface area contributed by atoms with E-state index < -0.39 is 5.54 Å². The van der Waals surface area contributed by atoms with Crippen LogP contribution < -0.4 is 0 Å². The van der Waals surface area contributed by atoms with Gasteiger partial charge in [-0.25, -0.2) is 4.99 Å². The Hall–Kier alpha value is -7.76. The second-order valence-electron chi connectivity index (χ2n) is 16.9. The van der Waals surface area contributed by atoms with Crippen molar-refractivity contribution in [2.75, 3.05) is 0 Å². The summed E-state index contributed by atoms with van der Waals surface area (Å²) in [6, 6.07) is 65.0. The molecule has 1 saturated carbocycles. The zero-order chi connectivity index (χ0) is 40.0. The molecule has 1 aliphatic heterocycles. The average Bonchev–Trinajstić information content (AvgIpc) is 3.61. The van der Waals surface area contributed by atoms with Gasteiger partial charge < -0.3 is 13.4 Å². The highest BCUT2D eigenvalue weighted by atomic mass is 16.3. The molecule has 1 aliphatic carbocycles. The van der Waals surface area contributed by atoms with Gasteiger partial charge in [-0.3, -0.25) is 4.99 Å². The van der Waals surface area contributed by atoms with Gasteiger partial charge in [0.15, 0.2) is 5.84 Å². The predicted molar refractivity (Wildman–Crippen MR) is 251 cm³/mol. The Morgan fingerprint density at radius 2 is 1.18 bits per heavy atom. The maximum absolute atomic E-state index is 6.83. The molecule has 12 aromatic rings. The minimum atomic E-state index is -0.580. The first-order valence-electron chi connectivity index (χ1n) is 21.1. The zero-order valence-electron chi connectivity index (χ0n) is 33.1. The largest absolute Gasteiger partial charge is 0.456 e. The Kier molecular flexibility index (Phi) is 6.47. The molecule has 286 valence electrons. The molecule has 0 saturated heterocycles. The van der Waals surface area contributed by atoms with E-state index in [1.54, 1.807) is 0 Å². The van der Waals surface area contributed by atoms with Crippen molar-refractivity contribution in [2.24, 2.45) is 21.8 Å². The topological polar surface area (TPSA) is 55.9 Å². The Balaban J connectivity index is 1.10. The molecule has 14 rings (SSSR count). The third-order valence-electron chi connectivity index (χ3n) is 13.8. The lowest BCUT2D eigenvalue weighted by atomic mass is 9.94. The lowest BCUT2D eigenvalue weighted by Crippen LogP contribution is -2.23. The lowest BCUT2D eigenvalue weighted by molar-refractivity contribution is 0.617. The van der Waals surface area contributed by atoms with Crippen LogP contribution in [0.2, 0.25) is 0 Å². The number of hydrogen-bond donors (Lipinski definition) is 0. The SMILES string of the molecule is CC1[C@@H]2C(c3ccccc3)=NC(c3cc(-n4c5cc6ccccc6cc5c5c6ccccc6ccc54)c4c(c3)oc3ccccc34)=NC12c1cccc2c1oc1ccccc12. The summed E-state index contributed by atoms with van der Waals surface area (Å²) in [4.78, 5) is 11.4. The Labute approximate surface area is 349 Å². The fraction of sp³-hybridized carbons (Fsp3) is 0.0714. The molecule has 61 heavy (non-hydrogen) atoms. The van der Waals surface area contributed by atoms with Crippen LogP contribution in [0.4, 0.5) is 0 Å². The Morgan fingerprint density at radius 1 is 0.492 bits per heavy atom. The molecule has 0 amide bonds. The molecule has 0 bridgehead atoms. The number of hydrogen-bond acceptors (Lipinski definition) is 4. The second-order valence-corrected chi connectivity index (χ2v) is 16.9. The number of fused-ring (bicyclic) bond motifs is 13. The third kappa shape index (κ3) is 4.44. The summed E-state index contributed by atoms with van der Waals surface area (Å²) in [6.07, 6.45) is 0. The van der Waals surface area contributed by atoms with Crippen LogP contribution in [0.5, 0.6) is 0 Å². The molecule has 1 fully saturated rings. The Bertz CT molecular complexity index is 3920. The highest BCUT2D eigenvalue weighted by Gasteiger charge is 2.68. The number of rotatable bonds is 4. The molecule has 9 aromatic carbocycles. The molecule has 4 heterocycles. The number of benzene rings is 9. The smallest absolute Gasteiger partial charge is 0.155 e. The minimum absolute atomic E-state index is 0.0748. The van der Waals surface area contributed by atoms with Crippen LogP contribution >= 0.6 is 0 Å². The van der Waals surface area contributed by atoms with Crippen LogP contribution in [0.3, 0.4) is 0 Å². The van der Waals surface area contributed by atoms with Crippen LogP contribution in [0.15, 0.2) is 201 Å². The van der Waals surface area contributed by atoms with E-state index in [2.05, 4.69) is 181 Å². The number of aliphatic imine (C=N–C) groups is 2. The van der Waals surface area contributed by atoms with Crippen LogP contribution in [-0.4, -0.2) is 16.1 Å². The van der Waals surface area contributed by atoms with Crippen molar-refractivity contribution in [3.8, 4) is 5.69 Å². The van der Waals surface area contributed by atoms with Crippen LogP contribution in [0, 0.1) is 11.8 Å². The molecular formula is C56H35N3O2. The van der Waals surface area contributed by atoms with Gasteiger partial charge in [0.1, 0.15) is 27.9 Å². The second kappa shape index (κ2) is 11.9. The fourth-order valence-electron chi connectivity index (χ4n) is 10.9. The molecule has 3 atom stereocenters. The summed E-state index contributed by atoms with van der Waals surface area (Å²) >= 11 is 0. The summed E-state index contributed by atoms with van der Waals surface area (Å²) in [5, 5.41) is 11.6. The van der Waals surface area contributed by atoms with Gasteiger partial charge in [-0.1, -0.05) is 146 Å². The molecular weight excluding hydrogens is 747 g/mol. The minimum Gasteiger partial charge on any atom is -0.456 e. The number of furan rings is 2. The molecule has 0 N–H and O–H groups in total. The number of amidine groups is 1. The van der Waals surface area contributed by atoms with E-state index in [0.717, 1.165) is 83.0 Å². The van der Waals surface area contributed by atoms with Crippen LogP contribution in [-0.2, 0) is 5.54 Å². The van der Waals surface area contributed by atoms with Crippen molar-refractivity contribution in [3.63, 3.8) is 0 Å². The van der Waals surface area contributed by atoms with Gasteiger partial charge in [0.2, 0.25) is 0 Å². The first-order valence-corrected chi connectivity index (χ1v) is 21.1. The van der Waals surface area contributed by atoms with Gasteiger partial charge in [-0.05, 0) is 75.5 Å². The highest BCUT2D eigenvalue weighted by molar-refractivity contribution is 6.25. The van der Waals surface area contributed by atoms with E-state index in [0.29, 0.717) is 5.84 Å². The van der Waals surface area contributed by atoms with E-state index in [4.69, 9.17) is 18.8 Å². The molecule has 0 radical (unpaired) electrons. The molecule has 5 nitrogen and oxygen atoms in total. The average molecular weight is 782 g/mol. The zero-order valence-corrected chi connectivity index (χ0v) is 33.1. The van der Waals surface area contributed by atoms with E-state index in [1.165, 1.54) is 32.3 Å². The highest BCUT2D eigenvalue weighted by Crippen LogP contribution is 2.65. The van der Waals surface area contributed by atoms with Crippen molar-refractivity contribution in [1.29, 1.82) is 0 Å². The summed E-state index contributed by atoms with van der Waals surface area (Å²) < 4.78 is 16.0. The molecule has 2 aliphatic rings. The van der Waals surface area contributed by atoms with Gasteiger partial charge in [-0.2, -0.15) is 0 Å². The third-order valence-corrected chi connectivity index (χ3v) is 13.8. The van der Waals surface area contributed by atoms with Crippen molar-refractivity contribution >= 4 is 98.8 Å². The summed E-state index contributed by atoms with van der Waals surface area (Å²) in [5.41, 5.74) is 10.3. The summed E-state index contributed by atoms with van der Waals surface area (Å²) in [5.74, 6) is 0.940. The van der Waals surface area contributed by atoms with Crippen LogP contribution in [0.1, 0.15) is 23.6 Å². The predicted octanol–water partition coefficient (Wildman–Crippen LogP) is 14.3. The maximum atomic E-state index is 6.83. The molecule has 2 unspecified atom stereocenters. The van der Waals surface area contributed by atoms with Gasteiger partial charge in [0, 0.05) is 44.0 Å². The van der Waals surface area contributed by atoms with Gasteiger partial charge in [0.05, 0.1) is 27.8 Å². The standard InChI is InChI=1S/C56H35N3O2/c1-32-52-53(34-15-3-2-4-16-34)57-55(58-56(32,52)43-23-13-22-40-39-20-9-11-24-47(39)61-54(40)43)37-30-46(51-41-21-10-12-25-48(41)60-49(51)31-37)59-44-27-26-33-14-7-8-19-38(33)50(44)42-28-35-17-5-6-18-36(35)29-45(42)59/h2-32,52H,1H3/t32?,52-,56?/m1/s1. The fourth-order valence-corrected chi connectivity index (χ4v) is 10.9. The summed E-state index contributed by atoms with van der Waals surface area (Å²) in [7, 11) is 0. The first kappa shape index (κ1) is 33.1. The maximum Gasteiger partial charge on any atom is 0.155 e. The van der Waals surface area contributed by atoms with Gasteiger partial charge >= 0.3 is 0 Å².